The number of methoxy groups -OCH3 is 2. The highest BCUT2D eigenvalue weighted by atomic mass is 35.5. The second-order valence-corrected chi connectivity index (χ2v) is 6.79. The molecule has 0 bridgehead atoms. The number of carbonyl (C=O) groups is 1. The van der Waals surface area contributed by atoms with Crippen molar-refractivity contribution in [1.82, 2.24) is 0 Å². The summed E-state index contributed by atoms with van der Waals surface area (Å²) in [5.74, 6) is 2.35. The topological polar surface area (TPSA) is 48.0 Å². The molecule has 3 rings (SSSR count). The lowest BCUT2D eigenvalue weighted by molar-refractivity contribution is -0.116. The molecule has 3 aromatic carbocycles. The van der Waals surface area contributed by atoms with Crippen molar-refractivity contribution in [2.45, 2.75) is 13.5 Å². The van der Waals surface area contributed by atoms with E-state index in [2.05, 4.69) is 0 Å². The Balaban J connectivity index is 1.99. The largest absolute Gasteiger partial charge is 0.497 e. The first-order valence-electron chi connectivity index (χ1n) is 9.02. The number of amides is 1. The predicted octanol–water partition coefficient (Wildman–Crippen LogP) is 5.70. The van der Waals surface area contributed by atoms with Crippen molar-refractivity contribution in [3.05, 3.63) is 77.3 Å². The minimum Gasteiger partial charge on any atom is -0.497 e. The van der Waals surface area contributed by atoms with Gasteiger partial charge in [0.25, 0.3) is 0 Å². The summed E-state index contributed by atoms with van der Waals surface area (Å²) in [6, 6.07) is 20.1. The van der Waals surface area contributed by atoms with Crippen LogP contribution in [0.1, 0.15) is 12.5 Å². The molecule has 0 aliphatic carbocycles. The lowest BCUT2D eigenvalue weighted by Crippen LogP contribution is -2.28. The van der Waals surface area contributed by atoms with Crippen LogP contribution < -0.4 is 19.1 Å². The minimum absolute atomic E-state index is 0.146. The zero-order valence-electron chi connectivity index (χ0n) is 16.5. The SMILES string of the molecule is COc1cc(CN(c2cc(Cl)ccc2Oc2ccccc2)[11C](C)=O)cc(OC)c1. The summed E-state index contributed by atoms with van der Waals surface area (Å²) in [5, 5.41) is 0.509. The molecule has 0 unspecified atom stereocenters. The molecule has 0 aliphatic rings. The van der Waals surface area contributed by atoms with Gasteiger partial charge in [-0.15, -0.1) is 0 Å². The van der Waals surface area contributed by atoms with Crippen LogP contribution in [-0.4, -0.2) is 20.1 Å². The van der Waals surface area contributed by atoms with E-state index in [9.17, 15) is 4.79 Å². The van der Waals surface area contributed by atoms with Crippen LogP contribution in [0.4, 0.5) is 5.69 Å². The van der Waals surface area contributed by atoms with Crippen molar-refractivity contribution >= 4 is 23.2 Å². The van der Waals surface area contributed by atoms with Crippen molar-refractivity contribution < 1.29 is 19.0 Å². The van der Waals surface area contributed by atoms with Gasteiger partial charge in [-0.2, -0.15) is 0 Å². The first-order chi connectivity index (χ1) is 14.0. The summed E-state index contributed by atoms with van der Waals surface area (Å²) in [6.45, 7) is 1.80. The highest BCUT2D eigenvalue weighted by Crippen LogP contribution is 2.36. The van der Waals surface area contributed by atoms with Gasteiger partial charge >= 0.3 is 0 Å². The number of para-hydroxylation sites is 1. The molecule has 29 heavy (non-hydrogen) atoms. The van der Waals surface area contributed by atoms with Gasteiger partial charge in [0, 0.05) is 18.0 Å². The fourth-order valence-electron chi connectivity index (χ4n) is 2.91. The first-order valence-corrected chi connectivity index (χ1v) is 9.40. The molecule has 3 aromatic rings. The van der Waals surface area contributed by atoms with E-state index < -0.39 is 0 Å². The van der Waals surface area contributed by atoms with E-state index in [1.54, 1.807) is 43.4 Å². The Bertz CT molecular complexity index is 969. The Hall–Kier alpha value is -3.18. The van der Waals surface area contributed by atoms with Crippen LogP contribution in [0.15, 0.2) is 66.7 Å². The highest BCUT2D eigenvalue weighted by molar-refractivity contribution is 6.31. The summed E-state index contributed by atoms with van der Waals surface area (Å²) in [5.41, 5.74) is 1.43. The molecule has 0 heterocycles. The van der Waals surface area contributed by atoms with Gasteiger partial charge in [0.05, 0.1) is 26.5 Å². The zero-order chi connectivity index (χ0) is 20.8. The quantitative estimate of drug-likeness (QED) is 0.501. The second-order valence-electron chi connectivity index (χ2n) is 6.35. The molecule has 0 radical (unpaired) electrons. The Kier molecular flexibility index (Phi) is 6.62. The molecule has 150 valence electrons. The Morgan fingerprint density at radius 1 is 0.897 bits per heavy atom. The van der Waals surface area contributed by atoms with E-state index in [1.807, 2.05) is 42.5 Å². The smallest absolute Gasteiger partial charge is 0.224 e. The molecule has 1 amide bonds. The number of ether oxygens (including phenoxy) is 3. The minimum atomic E-state index is -0.146. The van der Waals surface area contributed by atoms with E-state index >= 15 is 0 Å². The van der Waals surface area contributed by atoms with Crippen LogP contribution in [-0.2, 0) is 11.3 Å². The fourth-order valence-corrected chi connectivity index (χ4v) is 3.08. The van der Waals surface area contributed by atoms with Gasteiger partial charge in [0.15, 0.2) is 5.75 Å². The van der Waals surface area contributed by atoms with Crippen LogP contribution in [0.25, 0.3) is 0 Å². The summed E-state index contributed by atoms with van der Waals surface area (Å²) >= 11 is 6.23. The molecule has 6 heteroatoms. The number of anilines is 1. The molecule has 0 aromatic heterocycles. The van der Waals surface area contributed by atoms with E-state index in [0.717, 1.165) is 5.56 Å². The molecule has 0 aliphatic heterocycles. The Morgan fingerprint density at radius 3 is 2.14 bits per heavy atom. The predicted molar refractivity (Wildman–Crippen MR) is 114 cm³/mol. The molecule has 0 spiro atoms. The zero-order valence-corrected chi connectivity index (χ0v) is 17.3. The maximum atomic E-state index is 12.5. The summed E-state index contributed by atoms with van der Waals surface area (Å²) in [7, 11) is 3.17. The average molecular weight is 411 g/mol. The molecule has 0 saturated carbocycles. The van der Waals surface area contributed by atoms with Gasteiger partial charge in [-0.1, -0.05) is 29.8 Å². The van der Waals surface area contributed by atoms with Crippen molar-refractivity contribution in [3.63, 3.8) is 0 Å². The maximum Gasteiger partial charge on any atom is 0.224 e. The molecule has 0 N–H and O–H groups in total. The summed E-state index contributed by atoms with van der Waals surface area (Å²) in [4.78, 5) is 14.1. The number of hydrogen-bond donors (Lipinski definition) is 0. The number of rotatable bonds is 7. The highest BCUT2D eigenvalue weighted by Gasteiger charge is 2.19. The van der Waals surface area contributed by atoms with Crippen LogP contribution in [0.5, 0.6) is 23.0 Å². The third-order valence-corrected chi connectivity index (χ3v) is 4.55. The van der Waals surface area contributed by atoms with Gasteiger partial charge in [0.1, 0.15) is 17.2 Å². The fraction of sp³-hybridized carbons (Fsp3) is 0.174. The number of halogens is 1. The Morgan fingerprint density at radius 2 is 1.55 bits per heavy atom. The molecular formula is C23H22ClNO4. The first kappa shape index (κ1) is 20.6. The number of nitrogens with zero attached hydrogens (tertiary/aromatic N) is 1. The Labute approximate surface area is 175 Å². The van der Waals surface area contributed by atoms with Crippen molar-refractivity contribution in [2.24, 2.45) is 0 Å². The van der Waals surface area contributed by atoms with Crippen molar-refractivity contribution in [2.75, 3.05) is 19.1 Å². The van der Waals surface area contributed by atoms with Crippen LogP contribution in [0.3, 0.4) is 0 Å². The van der Waals surface area contributed by atoms with Crippen molar-refractivity contribution in [1.29, 1.82) is 0 Å². The summed E-state index contributed by atoms with van der Waals surface area (Å²) < 4.78 is 16.7. The van der Waals surface area contributed by atoms with E-state index in [1.165, 1.54) is 6.92 Å². The van der Waals surface area contributed by atoms with E-state index in [0.29, 0.717) is 40.3 Å². The van der Waals surface area contributed by atoms with Crippen LogP contribution >= 0.6 is 11.6 Å². The molecule has 0 fully saturated rings. The van der Waals surface area contributed by atoms with Gasteiger partial charge in [-0.3, -0.25) is 4.79 Å². The number of hydrogen-bond acceptors (Lipinski definition) is 4. The van der Waals surface area contributed by atoms with E-state index in [4.69, 9.17) is 25.8 Å². The maximum absolute atomic E-state index is 12.5. The normalized spacial score (nSPS) is 10.3. The standard InChI is InChI=1S/C23H22ClNO4/c1-16(26)25(15-17-11-20(27-2)14-21(12-17)28-3)22-13-18(24)9-10-23(22)29-19-7-5-4-6-8-19/h4-14H,15H2,1-3H3/i16-1. The monoisotopic (exact) mass is 410 g/mol. The third-order valence-electron chi connectivity index (χ3n) is 4.31. The molecule has 0 saturated heterocycles. The van der Waals surface area contributed by atoms with Gasteiger partial charge < -0.3 is 19.1 Å². The van der Waals surface area contributed by atoms with Gasteiger partial charge in [-0.25, -0.2) is 0 Å². The van der Waals surface area contributed by atoms with E-state index in [-0.39, 0.29) is 5.91 Å². The third kappa shape index (κ3) is 5.21. The summed E-state index contributed by atoms with van der Waals surface area (Å²) in [6.07, 6.45) is 0. The number of carbonyl (C=O) groups excluding carboxylic acids is 1. The van der Waals surface area contributed by atoms with Crippen molar-refractivity contribution in [3.8, 4) is 23.0 Å². The molecule has 5 nitrogen and oxygen atoms in total. The second kappa shape index (κ2) is 9.34. The lowest BCUT2D eigenvalue weighted by atomic mass is 9.99. The molecule has 0 atom stereocenters. The average Bonchev–Trinajstić information content (AvgIpc) is 2.73. The number of benzene rings is 3. The van der Waals surface area contributed by atoms with Gasteiger partial charge in [0.2, 0.25) is 5.91 Å². The molecular weight excluding hydrogens is 389 g/mol. The van der Waals surface area contributed by atoms with Crippen LogP contribution in [0.2, 0.25) is 5.02 Å². The lowest BCUT2D eigenvalue weighted by Gasteiger charge is -2.24. The van der Waals surface area contributed by atoms with Gasteiger partial charge in [-0.05, 0) is 48.0 Å². The van der Waals surface area contributed by atoms with Crippen LogP contribution in [0, 0.1) is 0 Å².